The molecule has 1 aliphatic carbocycles. The number of nitrogens with zero attached hydrogens (tertiary/aromatic N) is 1. The number of rotatable bonds is 3. The van der Waals surface area contributed by atoms with E-state index in [4.69, 9.17) is 4.74 Å². The first-order valence-electron chi connectivity index (χ1n) is 4.83. The van der Waals surface area contributed by atoms with Crippen molar-refractivity contribution in [2.45, 2.75) is 33.6 Å². The molecule has 0 radical (unpaired) electrons. The highest BCUT2D eigenvalue weighted by Crippen LogP contribution is 2.51. The van der Waals surface area contributed by atoms with Crippen LogP contribution in [0.15, 0.2) is 17.3 Å². The van der Waals surface area contributed by atoms with Crippen molar-refractivity contribution in [1.29, 1.82) is 0 Å². The molecule has 1 fully saturated rings. The number of hydrogen-bond acceptors (Lipinski definition) is 2. The molecular weight excluding hydrogens is 162 g/mol. The normalized spacial score (nSPS) is 20.2. The van der Waals surface area contributed by atoms with Crippen LogP contribution in [0, 0.1) is 11.3 Å². The average Bonchev–Trinajstić information content (AvgIpc) is 2.79. The van der Waals surface area contributed by atoms with Crippen LogP contribution in [0.3, 0.4) is 0 Å². The topological polar surface area (TPSA) is 21.6 Å². The Hall–Kier alpha value is -0.790. The SMILES string of the molecule is C=C(OC(=NC)C(C)C)C1(C)CC1. The van der Waals surface area contributed by atoms with Gasteiger partial charge in [-0.1, -0.05) is 27.4 Å². The first-order chi connectivity index (χ1) is 5.99. The number of allylic oxidation sites excluding steroid dienone is 1. The van der Waals surface area contributed by atoms with Crippen molar-refractivity contribution >= 4 is 5.90 Å². The lowest BCUT2D eigenvalue weighted by Crippen LogP contribution is -2.15. The molecule has 0 aromatic carbocycles. The summed E-state index contributed by atoms with van der Waals surface area (Å²) in [5.41, 5.74) is 0.227. The molecule has 1 rings (SSSR count). The Labute approximate surface area is 80.7 Å². The fraction of sp³-hybridized carbons (Fsp3) is 0.727. The lowest BCUT2D eigenvalue weighted by atomic mass is 10.1. The molecule has 0 amide bonds. The Bertz CT molecular complexity index is 236. The zero-order valence-electron chi connectivity index (χ0n) is 9.05. The molecular formula is C11H19NO. The van der Waals surface area contributed by atoms with Gasteiger partial charge in [0, 0.05) is 18.4 Å². The van der Waals surface area contributed by atoms with E-state index in [-0.39, 0.29) is 5.41 Å². The molecule has 0 atom stereocenters. The number of ether oxygens (including phenoxy) is 1. The highest BCUT2D eigenvalue weighted by atomic mass is 16.5. The summed E-state index contributed by atoms with van der Waals surface area (Å²) in [5, 5.41) is 0. The van der Waals surface area contributed by atoms with Crippen LogP contribution in [0.4, 0.5) is 0 Å². The molecule has 74 valence electrons. The van der Waals surface area contributed by atoms with Crippen LogP contribution >= 0.6 is 0 Å². The monoisotopic (exact) mass is 181 g/mol. The smallest absolute Gasteiger partial charge is 0.191 e. The van der Waals surface area contributed by atoms with Gasteiger partial charge in [0.1, 0.15) is 5.76 Å². The van der Waals surface area contributed by atoms with E-state index >= 15 is 0 Å². The predicted octanol–water partition coefficient (Wildman–Crippen LogP) is 3.00. The van der Waals surface area contributed by atoms with Gasteiger partial charge in [-0.05, 0) is 12.8 Å². The Balaban J connectivity index is 2.52. The molecule has 1 aliphatic rings. The largest absolute Gasteiger partial charge is 0.448 e. The summed E-state index contributed by atoms with van der Waals surface area (Å²) in [7, 11) is 1.76. The molecule has 2 heteroatoms. The minimum absolute atomic E-state index is 0.227. The van der Waals surface area contributed by atoms with Gasteiger partial charge in [-0.3, -0.25) is 4.99 Å². The molecule has 0 spiro atoms. The van der Waals surface area contributed by atoms with Crippen molar-refractivity contribution in [3.05, 3.63) is 12.3 Å². The molecule has 0 aromatic heterocycles. The van der Waals surface area contributed by atoms with E-state index < -0.39 is 0 Å². The van der Waals surface area contributed by atoms with E-state index in [1.807, 2.05) is 0 Å². The van der Waals surface area contributed by atoms with Crippen LogP contribution < -0.4 is 0 Å². The molecule has 13 heavy (non-hydrogen) atoms. The minimum Gasteiger partial charge on any atom is -0.448 e. The molecule has 0 saturated heterocycles. The van der Waals surface area contributed by atoms with E-state index in [2.05, 4.69) is 32.3 Å². The summed E-state index contributed by atoms with van der Waals surface area (Å²) < 4.78 is 5.64. The highest BCUT2D eigenvalue weighted by Gasteiger charge is 2.42. The van der Waals surface area contributed by atoms with Crippen LogP contribution in [0.5, 0.6) is 0 Å². The Morgan fingerprint density at radius 3 is 2.31 bits per heavy atom. The first-order valence-corrected chi connectivity index (χ1v) is 4.83. The molecule has 0 N–H and O–H groups in total. The quantitative estimate of drug-likeness (QED) is 0.372. The van der Waals surface area contributed by atoms with Gasteiger partial charge >= 0.3 is 0 Å². The summed E-state index contributed by atoms with van der Waals surface area (Å²) in [5.74, 6) is 2.00. The zero-order chi connectivity index (χ0) is 10.1. The molecule has 0 aliphatic heterocycles. The molecule has 1 saturated carbocycles. The van der Waals surface area contributed by atoms with Crippen molar-refractivity contribution in [2.24, 2.45) is 16.3 Å². The maximum absolute atomic E-state index is 5.64. The number of hydrogen-bond donors (Lipinski definition) is 0. The summed E-state index contributed by atoms with van der Waals surface area (Å²) in [6, 6.07) is 0. The van der Waals surface area contributed by atoms with Crippen LogP contribution in [0.1, 0.15) is 33.6 Å². The maximum Gasteiger partial charge on any atom is 0.191 e. The lowest BCUT2D eigenvalue weighted by Gasteiger charge is -2.17. The van der Waals surface area contributed by atoms with Gasteiger partial charge in [0.05, 0.1) is 0 Å². The molecule has 0 heterocycles. The maximum atomic E-state index is 5.64. The molecule has 0 bridgehead atoms. The van der Waals surface area contributed by atoms with Gasteiger partial charge in [0.15, 0.2) is 5.90 Å². The summed E-state index contributed by atoms with van der Waals surface area (Å²) >= 11 is 0. The second-order valence-electron chi connectivity index (χ2n) is 4.30. The first kappa shape index (κ1) is 10.3. The van der Waals surface area contributed by atoms with Gasteiger partial charge in [-0.15, -0.1) is 0 Å². The standard InChI is InChI=1S/C11H19NO/c1-8(2)10(12-5)13-9(3)11(4)6-7-11/h8H,3,6-7H2,1-2,4-5H3. The van der Waals surface area contributed by atoms with Crippen molar-refractivity contribution in [1.82, 2.24) is 0 Å². The Morgan fingerprint density at radius 2 is 2.00 bits per heavy atom. The lowest BCUT2D eigenvalue weighted by molar-refractivity contribution is 0.320. The van der Waals surface area contributed by atoms with Crippen LogP contribution in [0.2, 0.25) is 0 Å². The van der Waals surface area contributed by atoms with Crippen LogP contribution in [-0.4, -0.2) is 12.9 Å². The third-order valence-electron chi connectivity index (χ3n) is 2.62. The van der Waals surface area contributed by atoms with E-state index in [1.54, 1.807) is 7.05 Å². The van der Waals surface area contributed by atoms with Crippen molar-refractivity contribution in [2.75, 3.05) is 7.05 Å². The van der Waals surface area contributed by atoms with Crippen LogP contribution in [-0.2, 0) is 4.74 Å². The Morgan fingerprint density at radius 1 is 1.46 bits per heavy atom. The Kier molecular flexibility index (Phi) is 2.79. The molecule has 0 unspecified atom stereocenters. The fourth-order valence-corrected chi connectivity index (χ4v) is 1.14. The highest BCUT2D eigenvalue weighted by molar-refractivity contribution is 5.79. The van der Waals surface area contributed by atoms with Crippen LogP contribution in [0.25, 0.3) is 0 Å². The van der Waals surface area contributed by atoms with Crippen molar-refractivity contribution in [3.63, 3.8) is 0 Å². The molecule has 2 nitrogen and oxygen atoms in total. The average molecular weight is 181 g/mol. The predicted molar refractivity (Wildman–Crippen MR) is 55.8 cm³/mol. The van der Waals surface area contributed by atoms with E-state index in [0.717, 1.165) is 11.7 Å². The van der Waals surface area contributed by atoms with E-state index in [1.165, 1.54) is 12.8 Å². The molecule has 0 aromatic rings. The number of aliphatic imine (C=N–C) groups is 1. The summed E-state index contributed by atoms with van der Waals surface area (Å²) in [6.45, 7) is 10.3. The second-order valence-corrected chi connectivity index (χ2v) is 4.30. The van der Waals surface area contributed by atoms with E-state index in [0.29, 0.717) is 5.92 Å². The van der Waals surface area contributed by atoms with Crippen molar-refractivity contribution < 1.29 is 4.74 Å². The summed E-state index contributed by atoms with van der Waals surface area (Å²) in [6.07, 6.45) is 2.39. The van der Waals surface area contributed by atoms with Gasteiger partial charge in [0.25, 0.3) is 0 Å². The van der Waals surface area contributed by atoms with Gasteiger partial charge in [0.2, 0.25) is 0 Å². The fourth-order valence-electron chi connectivity index (χ4n) is 1.14. The summed E-state index contributed by atoms with van der Waals surface area (Å²) in [4.78, 5) is 4.10. The van der Waals surface area contributed by atoms with Gasteiger partial charge < -0.3 is 4.74 Å². The zero-order valence-corrected chi connectivity index (χ0v) is 9.05. The van der Waals surface area contributed by atoms with E-state index in [9.17, 15) is 0 Å². The third-order valence-corrected chi connectivity index (χ3v) is 2.62. The minimum atomic E-state index is 0.227. The van der Waals surface area contributed by atoms with Crippen molar-refractivity contribution in [3.8, 4) is 0 Å². The second kappa shape index (κ2) is 3.52. The van der Waals surface area contributed by atoms with Gasteiger partial charge in [-0.2, -0.15) is 0 Å². The third kappa shape index (κ3) is 2.33. The van der Waals surface area contributed by atoms with Gasteiger partial charge in [-0.25, -0.2) is 0 Å².